The highest BCUT2D eigenvalue weighted by atomic mass is 14.6. The van der Waals surface area contributed by atoms with Gasteiger partial charge in [0.15, 0.2) is 0 Å². The van der Waals surface area contributed by atoms with Gasteiger partial charge >= 0.3 is 0 Å². The fourth-order valence-electron chi connectivity index (χ4n) is 0.144. The monoisotopic (exact) mass is 159 g/mol. The van der Waals surface area contributed by atoms with Gasteiger partial charge < -0.3 is 5.73 Å². The van der Waals surface area contributed by atoms with Crippen molar-refractivity contribution in [1.29, 1.82) is 0 Å². The van der Waals surface area contributed by atoms with Gasteiger partial charge in [-0.05, 0) is 24.3 Å². The molecular weight excluding hydrogens is 134 g/mol. The van der Waals surface area contributed by atoms with E-state index in [1.165, 1.54) is 6.42 Å². The Morgan fingerprint density at radius 3 is 1.45 bits per heavy atom. The van der Waals surface area contributed by atoms with Crippen molar-refractivity contribution in [3.63, 3.8) is 0 Å². The lowest BCUT2D eigenvalue weighted by molar-refractivity contribution is 0.365. The SMILES string of the molecule is CC(C)C.CCC(C)(C)CN. The van der Waals surface area contributed by atoms with Gasteiger partial charge in [-0.2, -0.15) is 0 Å². The van der Waals surface area contributed by atoms with Crippen molar-refractivity contribution >= 4 is 0 Å². The highest BCUT2D eigenvalue weighted by Crippen LogP contribution is 2.15. The average molecular weight is 159 g/mol. The van der Waals surface area contributed by atoms with Gasteiger partial charge in [-0.1, -0.05) is 41.5 Å². The third-order valence-electron chi connectivity index (χ3n) is 1.51. The Morgan fingerprint density at radius 2 is 1.45 bits per heavy atom. The zero-order valence-electron chi connectivity index (χ0n) is 9.07. The predicted octanol–water partition coefficient (Wildman–Crippen LogP) is 3.04. The Labute approximate surface area is 72.4 Å². The third-order valence-corrected chi connectivity index (χ3v) is 1.51. The van der Waals surface area contributed by atoms with Gasteiger partial charge in [0.2, 0.25) is 0 Å². The second-order valence-corrected chi connectivity index (χ2v) is 4.45. The lowest BCUT2D eigenvalue weighted by Gasteiger charge is -2.18. The van der Waals surface area contributed by atoms with E-state index in [0.29, 0.717) is 5.41 Å². The van der Waals surface area contributed by atoms with Crippen LogP contribution in [0.2, 0.25) is 0 Å². The lowest BCUT2D eigenvalue weighted by atomic mass is 9.91. The molecule has 11 heavy (non-hydrogen) atoms. The van der Waals surface area contributed by atoms with E-state index in [1.54, 1.807) is 0 Å². The molecule has 0 aliphatic carbocycles. The van der Waals surface area contributed by atoms with E-state index >= 15 is 0 Å². The highest BCUT2D eigenvalue weighted by Gasteiger charge is 2.10. The quantitative estimate of drug-likeness (QED) is 0.658. The van der Waals surface area contributed by atoms with E-state index < -0.39 is 0 Å². The van der Waals surface area contributed by atoms with Crippen molar-refractivity contribution in [3.8, 4) is 0 Å². The smallest absolute Gasteiger partial charge is 0.00259 e. The molecule has 0 atom stereocenters. The first-order valence-corrected chi connectivity index (χ1v) is 4.55. The summed E-state index contributed by atoms with van der Waals surface area (Å²) in [5.74, 6) is 0.833. The van der Waals surface area contributed by atoms with E-state index in [0.717, 1.165) is 12.5 Å². The van der Waals surface area contributed by atoms with E-state index in [-0.39, 0.29) is 0 Å². The molecule has 0 bridgehead atoms. The standard InChI is InChI=1S/C6H15N.C4H10/c1-4-6(2,3)5-7;1-4(2)3/h4-5,7H2,1-3H3;4H,1-3H3. The van der Waals surface area contributed by atoms with Crippen molar-refractivity contribution < 1.29 is 0 Å². The molecule has 0 aromatic carbocycles. The normalized spacial score (nSPS) is 10.9. The van der Waals surface area contributed by atoms with Crippen LogP contribution in [0.25, 0.3) is 0 Å². The van der Waals surface area contributed by atoms with Gasteiger partial charge in [0.05, 0.1) is 0 Å². The molecule has 70 valence electrons. The lowest BCUT2D eigenvalue weighted by Crippen LogP contribution is -2.21. The summed E-state index contributed by atoms with van der Waals surface area (Å²) in [6.45, 7) is 13.8. The van der Waals surface area contributed by atoms with Gasteiger partial charge in [0, 0.05) is 0 Å². The van der Waals surface area contributed by atoms with E-state index in [9.17, 15) is 0 Å². The minimum Gasteiger partial charge on any atom is -0.330 e. The molecule has 0 aromatic heterocycles. The molecule has 0 heterocycles. The molecule has 0 aliphatic rings. The Balaban J connectivity index is 0. The van der Waals surface area contributed by atoms with Crippen LogP contribution in [0.5, 0.6) is 0 Å². The topological polar surface area (TPSA) is 26.0 Å². The molecule has 0 saturated heterocycles. The maximum atomic E-state index is 5.42. The summed E-state index contributed by atoms with van der Waals surface area (Å²) in [6, 6.07) is 0. The van der Waals surface area contributed by atoms with Gasteiger partial charge in [-0.3, -0.25) is 0 Å². The highest BCUT2D eigenvalue weighted by molar-refractivity contribution is 4.65. The Kier molecular flexibility index (Phi) is 8.20. The summed E-state index contributed by atoms with van der Waals surface area (Å²) in [6.07, 6.45) is 1.17. The first-order chi connectivity index (χ1) is 4.85. The Hall–Kier alpha value is -0.0400. The minimum atomic E-state index is 0.361. The van der Waals surface area contributed by atoms with Crippen LogP contribution in [0.4, 0.5) is 0 Å². The molecule has 0 amide bonds. The van der Waals surface area contributed by atoms with Crippen LogP contribution in [-0.4, -0.2) is 6.54 Å². The molecule has 1 heteroatoms. The molecule has 1 nitrogen and oxygen atoms in total. The van der Waals surface area contributed by atoms with Crippen LogP contribution in [0, 0.1) is 11.3 Å². The van der Waals surface area contributed by atoms with Crippen LogP contribution < -0.4 is 5.73 Å². The van der Waals surface area contributed by atoms with Gasteiger partial charge in [0.25, 0.3) is 0 Å². The van der Waals surface area contributed by atoms with Crippen molar-refractivity contribution in [1.82, 2.24) is 0 Å². The van der Waals surface area contributed by atoms with Crippen molar-refractivity contribution in [3.05, 3.63) is 0 Å². The Bertz CT molecular complexity index is 66.2. The molecule has 0 aromatic rings. The Morgan fingerprint density at radius 1 is 1.18 bits per heavy atom. The minimum absolute atomic E-state index is 0.361. The van der Waals surface area contributed by atoms with E-state index in [2.05, 4.69) is 41.5 Å². The molecule has 0 radical (unpaired) electrons. The molecule has 0 unspecified atom stereocenters. The molecule has 0 fully saturated rings. The molecular formula is C10H25N. The van der Waals surface area contributed by atoms with Crippen LogP contribution in [0.1, 0.15) is 48.0 Å². The second kappa shape index (κ2) is 6.66. The summed E-state index contributed by atoms with van der Waals surface area (Å²) >= 11 is 0. The summed E-state index contributed by atoms with van der Waals surface area (Å²) in [5, 5.41) is 0. The van der Waals surface area contributed by atoms with Crippen molar-refractivity contribution in [2.75, 3.05) is 6.54 Å². The number of nitrogens with two attached hydrogens (primary N) is 1. The maximum absolute atomic E-state index is 5.42. The number of hydrogen-bond donors (Lipinski definition) is 1. The van der Waals surface area contributed by atoms with Crippen molar-refractivity contribution in [2.45, 2.75) is 48.0 Å². The number of hydrogen-bond acceptors (Lipinski definition) is 1. The van der Waals surface area contributed by atoms with Crippen LogP contribution in [0.3, 0.4) is 0 Å². The largest absolute Gasteiger partial charge is 0.330 e. The third kappa shape index (κ3) is 17.8. The van der Waals surface area contributed by atoms with E-state index in [4.69, 9.17) is 5.73 Å². The predicted molar refractivity (Wildman–Crippen MR) is 53.6 cm³/mol. The molecule has 0 rings (SSSR count). The second-order valence-electron chi connectivity index (χ2n) is 4.45. The first-order valence-electron chi connectivity index (χ1n) is 4.55. The summed E-state index contributed by atoms with van der Waals surface area (Å²) < 4.78 is 0. The fourth-order valence-corrected chi connectivity index (χ4v) is 0.144. The number of rotatable bonds is 2. The van der Waals surface area contributed by atoms with Gasteiger partial charge in [-0.25, -0.2) is 0 Å². The van der Waals surface area contributed by atoms with Crippen LogP contribution >= 0.6 is 0 Å². The zero-order valence-corrected chi connectivity index (χ0v) is 9.07. The van der Waals surface area contributed by atoms with E-state index in [1.807, 2.05) is 0 Å². The average Bonchev–Trinajstić information content (AvgIpc) is 1.87. The summed E-state index contributed by atoms with van der Waals surface area (Å²) in [7, 11) is 0. The maximum Gasteiger partial charge on any atom is -0.00259 e. The molecule has 0 spiro atoms. The molecule has 0 saturated carbocycles. The zero-order chi connectivity index (χ0) is 9.49. The molecule has 0 aliphatic heterocycles. The summed E-state index contributed by atoms with van der Waals surface area (Å²) in [4.78, 5) is 0. The van der Waals surface area contributed by atoms with Crippen LogP contribution in [0.15, 0.2) is 0 Å². The fraction of sp³-hybridized carbons (Fsp3) is 1.00. The summed E-state index contributed by atoms with van der Waals surface area (Å²) in [5.41, 5.74) is 5.78. The van der Waals surface area contributed by atoms with Crippen LogP contribution in [-0.2, 0) is 0 Å². The van der Waals surface area contributed by atoms with Crippen molar-refractivity contribution in [2.24, 2.45) is 17.1 Å². The molecule has 2 N–H and O–H groups in total. The first kappa shape index (κ1) is 13.5. The van der Waals surface area contributed by atoms with Gasteiger partial charge in [0.1, 0.15) is 0 Å². The van der Waals surface area contributed by atoms with Gasteiger partial charge in [-0.15, -0.1) is 0 Å².